The van der Waals surface area contributed by atoms with E-state index in [1.54, 1.807) is 0 Å². The minimum Gasteiger partial charge on any atom is -0.394 e. The van der Waals surface area contributed by atoms with Gasteiger partial charge in [0.1, 0.15) is 49.1 Å². The van der Waals surface area contributed by atoms with Gasteiger partial charge in [0, 0.05) is 4.91 Å². The first-order valence-electron chi connectivity index (χ1n) is 11.2. The summed E-state index contributed by atoms with van der Waals surface area (Å²) < 4.78 is 49.2. The highest BCUT2D eigenvalue weighted by atomic mass is 31.3. The SMILES string of the molecule is [N-]=[N+]=Nc1nc2c(N)ncnc2n1[C@@H]1O[C@H](COP(=O)(O)OP(=O)(O)OC2O[C@H](CO)[C@@H](O)[C@H](O)[C@H]2O)[C@@H](O)[C@H]1O. The Morgan fingerprint density at radius 3 is 2.37 bits per heavy atom. The lowest BCUT2D eigenvalue weighted by Crippen LogP contribution is -2.58. The van der Waals surface area contributed by atoms with Crippen molar-refractivity contribution in [2.45, 2.75) is 55.2 Å². The largest absolute Gasteiger partial charge is 0.483 e. The average Bonchev–Trinajstić information content (AvgIpc) is 3.40. The molecule has 2 fully saturated rings. The Kier molecular flexibility index (Phi) is 9.28. The summed E-state index contributed by atoms with van der Waals surface area (Å²) in [5.74, 6) is -0.510. The van der Waals surface area contributed by atoms with Crippen molar-refractivity contribution in [2.75, 3.05) is 18.9 Å². The van der Waals surface area contributed by atoms with Crippen LogP contribution >= 0.6 is 15.6 Å². The molecule has 4 heterocycles. The van der Waals surface area contributed by atoms with Gasteiger partial charge in [-0.15, -0.1) is 0 Å². The lowest BCUT2D eigenvalue weighted by molar-refractivity contribution is -0.280. The predicted octanol–water partition coefficient (Wildman–Crippen LogP) is -2.98. The summed E-state index contributed by atoms with van der Waals surface area (Å²) in [6.07, 6.45) is -15.4. The van der Waals surface area contributed by atoms with E-state index >= 15 is 0 Å². The number of aliphatic hydroxyl groups is 6. The van der Waals surface area contributed by atoms with E-state index in [9.17, 15) is 49.6 Å². The number of aromatic nitrogens is 4. The summed E-state index contributed by atoms with van der Waals surface area (Å²) in [7, 11) is -11.2. The van der Waals surface area contributed by atoms with Gasteiger partial charge in [0.2, 0.25) is 5.95 Å². The van der Waals surface area contributed by atoms with Crippen LogP contribution in [0.2, 0.25) is 0 Å². The van der Waals surface area contributed by atoms with Crippen LogP contribution in [-0.4, -0.2) is 122 Å². The van der Waals surface area contributed by atoms with Crippen molar-refractivity contribution < 1.29 is 72.4 Å². The number of phosphoric ester groups is 2. The molecule has 0 amide bonds. The number of nitrogens with two attached hydrogens (primary N) is 1. The van der Waals surface area contributed by atoms with Crippen molar-refractivity contribution in [3.8, 4) is 0 Å². The van der Waals surface area contributed by atoms with Crippen LogP contribution < -0.4 is 5.73 Å². The molecule has 0 aliphatic carbocycles. The number of hydrogen-bond donors (Lipinski definition) is 9. The number of ether oxygens (including phenoxy) is 2. The highest BCUT2D eigenvalue weighted by molar-refractivity contribution is 7.61. The van der Waals surface area contributed by atoms with Gasteiger partial charge < -0.3 is 55.6 Å². The maximum Gasteiger partial charge on any atom is 0.483 e. The van der Waals surface area contributed by atoms with Gasteiger partial charge in [-0.1, -0.05) is 0 Å². The third-order valence-electron chi connectivity index (χ3n) is 5.91. The minimum atomic E-state index is -5.63. The molecule has 0 bridgehead atoms. The zero-order valence-corrected chi connectivity index (χ0v) is 22.0. The van der Waals surface area contributed by atoms with E-state index in [1.165, 1.54) is 0 Å². The smallest absolute Gasteiger partial charge is 0.394 e. The fraction of sp³-hybridized carbons (Fsp3) is 0.688. The maximum absolute atomic E-state index is 12.4. The van der Waals surface area contributed by atoms with Crippen LogP contribution in [0.3, 0.4) is 0 Å². The van der Waals surface area contributed by atoms with Crippen molar-refractivity contribution in [3.63, 3.8) is 0 Å². The Morgan fingerprint density at radius 1 is 1.02 bits per heavy atom. The molecule has 41 heavy (non-hydrogen) atoms. The Morgan fingerprint density at radius 2 is 1.71 bits per heavy atom. The molecule has 10 N–H and O–H groups in total. The van der Waals surface area contributed by atoms with Crippen molar-refractivity contribution in [3.05, 3.63) is 16.8 Å². The fourth-order valence-electron chi connectivity index (χ4n) is 3.97. The lowest BCUT2D eigenvalue weighted by atomic mass is 10.00. The van der Waals surface area contributed by atoms with E-state index in [1.807, 2.05) is 0 Å². The van der Waals surface area contributed by atoms with Gasteiger partial charge in [0.15, 0.2) is 29.5 Å². The molecule has 23 nitrogen and oxygen atoms in total. The van der Waals surface area contributed by atoms with E-state index in [0.717, 1.165) is 10.9 Å². The molecule has 3 unspecified atom stereocenters. The van der Waals surface area contributed by atoms with Crippen LogP contribution in [0.25, 0.3) is 21.6 Å². The second-order valence-corrected chi connectivity index (χ2v) is 11.6. The molecular weight excluding hydrogens is 606 g/mol. The van der Waals surface area contributed by atoms with E-state index < -0.39 is 90.1 Å². The van der Waals surface area contributed by atoms with E-state index in [2.05, 4.69) is 38.3 Å². The van der Waals surface area contributed by atoms with Gasteiger partial charge in [-0.05, 0) is 10.6 Å². The average molecular weight is 630 g/mol. The molecule has 2 aromatic rings. The van der Waals surface area contributed by atoms with Crippen molar-refractivity contribution in [1.82, 2.24) is 19.5 Å². The van der Waals surface area contributed by atoms with Crippen LogP contribution in [0.5, 0.6) is 0 Å². The maximum atomic E-state index is 12.4. The van der Waals surface area contributed by atoms with Gasteiger partial charge in [0.05, 0.1) is 13.2 Å². The normalized spacial score (nSPS) is 35.1. The molecule has 0 aromatic carbocycles. The number of imidazole rings is 1. The minimum absolute atomic E-state index is 0.0359. The van der Waals surface area contributed by atoms with Crippen LogP contribution in [0.4, 0.5) is 11.8 Å². The van der Waals surface area contributed by atoms with Gasteiger partial charge in [0.25, 0.3) is 0 Å². The summed E-state index contributed by atoms with van der Waals surface area (Å²) in [6, 6.07) is 0. The van der Waals surface area contributed by atoms with Crippen LogP contribution in [0, 0.1) is 0 Å². The molecule has 0 saturated carbocycles. The number of fused-ring (bicyclic) bond motifs is 1. The van der Waals surface area contributed by atoms with Gasteiger partial charge in [-0.25, -0.2) is 24.1 Å². The Hall–Kier alpha value is -2.40. The van der Waals surface area contributed by atoms with E-state index in [-0.39, 0.29) is 17.0 Å². The first kappa shape index (κ1) is 31.5. The molecule has 2 saturated heterocycles. The molecule has 25 heteroatoms. The van der Waals surface area contributed by atoms with Gasteiger partial charge in [-0.3, -0.25) is 13.6 Å². The summed E-state index contributed by atoms with van der Waals surface area (Å²) in [5, 5.41) is 63.0. The zero-order valence-electron chi connectivity index (χ0n) is 20.2. The fourth-order valence-corrected chi connectivity index (χ4v) is 6.12. The van der Waals surface area contributed by atoms with Crippen LogP contribution in [-0.2, 0) is 32.0 Å². The molecule has 2 aliphatic heterocycles. The summed E-state index contributed by atoms with van der Waals surface area (Å²) in [5.41, 5.74) is 14.5. The first-order valence-corrected chi connectivity index (χ1v) is 14.2. The Balaban J connectivity index is 1.44. The highest BCUT2D eigenvalue weighted by Crippen LogP contribution is 2.61. The Bertz CT molecular complexity index is 1410. The van der Waals surface area contributed by atoms with Gasteiger partial charge >= 0.3 is 15.6 Å². The van der Waals surface area contributed by atoms with Crippen LogP contribution in [0.1, 0.15) is 6.23 Å². The quantitative estimate of drug-likeness (QED) is 0.0547. The monoisotopic (exact) mass is 630 g/mol. The summed E-state index contributed by atoms with van der Waals surface area (Å²) in [6.45, 7) is -1.94. The predicted molar refractivity (Wildman–Crippen MR) is 126 cm³/mol. The zero-order chi connectivity index (χ0) is 30.3. The number of nitrogen functional groups attached to an aromatic ring is 1. The number of phosphoric acid groups is 2. The molecule has 4 rings (SSSR count). The van der Waals surface area contributed by atoms with E-state index in [4.69, 9.17) is 20.7 Å². The lowest BCUT2D eigenvalue weighted by Gasteiger charge is -2.39. The number of aliphatic hydroxyl groups excluding tert-OH is 6. The van der Waals surface area contributed by atoms with Crippen molar-refractivity contribution in [2.24, 2.45) is 5.11 Å². The van der Waals surface area contributed by atoms with Crippen molar-refractivity contribution in [1.29, 1.82) is 0 Å². The third kappa shape index (κ3) is 6.50. The second kappa shape index (κ2) is 12.1. The number of hydrogen-bond acceptors (Lipinski definition) is 18. The molecule has 0 radical (unpaired) electrons. The molecule has 2 aliphatic rings. The number of anilines is 1. The molecule has 0 spiro atoms. The molecule has 228 valence electrons. The number of rotatable bonds is 10. The summed E-state index contributed by atoms with van der Waals surface area (Å²) in [4.78, 5) is 34.1. The highest BCUT2D eigenvalue weighted by Gasteiger charge is 2.50. The third-order valence-corrected chi connectivity index (χ3v) is 8.51. The number of azide groups is 1. The van der Waals surface area contributed by atoms with Gasteiger partial charge in [-0.2, -0.15) is 4.31 Å². The standard InChI is InChI=1S/C16H24N8O15P2/c17-12-6-13(20-3-19-12)24(16(21-6)22-23-18)14-10(29)8(27)5(36-14)2-35-40(31,32)39-41(33,34)38-15-11(30)9(28)7(26)4(1-25)37-15/h3-5,7-11,14-15,25-30H,1-2H2,(H,31,32)(H,33,34)(H2,17,19,20)/t4-,5-,7-,8-,9+,10-,11-,14-,15?/m1/s1. The topological polar surface area (TPSA) is 361 Å². The van der Waals surface area contributed by atoms with E-state index in [0.29, 0.717) is 0 Å². The first-order chi connectivity index (χ1) is 19.2. The molecule has 11 atom stereocenters. The molecular formula is C16H24N8O15P2. The number of nitrogens with zero attached hydrogens (tertiary/aromatic N) is 7. The second-order valence-electron chi connectivity index (χ2n) is 8.57. The Labute approximate surface area is 227 Å². The summed E-state index contributed by atoms with van der Waals surface area (Å²) >= 11 is 0. The van der Waals surface area contributed by atoms with Crippen LogP contribution in [0.15, 0.2) is 11.4 Å². The van der Waals surface area contributed by atoms with Crippen molar-refractivity contribution >= 4 is 38.6 Å². The molecule has 2 aromatic heterocycles.